The van der Waals surface area contributed by atoms with E-state index in [4.69, 9.17) is 47.3 Å². The molecule has 23 nitrogen and oxygen atoms in total. The number of hydrogen-bond acceptors (Lipinski definition) is 19. The van der Waals surface area contributed by atoms with Gasteiger partial charge in [0.1, 0.15) is 42.1 Å². The molecule has 3 aliphatic rings. The van der Waals surface area contributed by atoms with Crippen molar-refractivity contribution in [2.75, 3.05) is 25.6 Å². The number of phosphoric ester groups is 1. The van der Waals surface area contributed by atoms with Gasteiger partial charge in [-0.25, -0.2) is 23.3 Å². The van der Waals surface area contributed by atoms with E-state index in [1.165, 1.54) is 49.1 Å². The lowest BCUT2D eigenvalue weighted by Gasteiger charge is -2.33. The first kappa shape index (κ1) is 44.3. The molecule has 3 aliphatic heterocycles. The van der Waals surface area contributed by atoms with E-state index in [2.05, 4.69) is 25.0 Å². The van der Waals surface area contributed by atoms with E-state index in [1.54, 1.807) is 27.7 Å². The van der Waals surface area contributed by atoms with Crippen molar-refractivity contribution in [2.45, 2.75) is 96.2 Å². The van der Waals surface area contributed by atoms with Crippen LogP contribution in [0.1, 0.15) is 54.0 Å². The van der Waals surface area contributed by atoms with Crippen LogP contribution >= 0.6 is 15.6 Å². The second kappa shape index (κ2) is 17.2. The molecule has 5 N–H and O–H groups in total. The molecule has 26 heteroatoms. The van der Waals surface area contributed by atoms with Crippen LogP contribution in [0.25, 0.3) is 11.2 Å². The van der Waals surface area contributed by atoms with Crippen LogP contribution in [0.5, 0.6) is 17.4 Å². The first-order valence-electron chi connectivity index (χ1n) is 19.1. The lowest BCUT2D eigenvalue weighted by atomic mass is 9.98. The van der Waals surface area contributed by atoms with E-state index in [-0.39, 0.29) is 41.1 Å². The summed E-state index contributed by atoms with van der Waals surface area (Å²) in [6.45, 7) is 8.39. The number of aliphatic hydroxyl groups is 1. The number of rotatable bonds is 15. The summed E-state index contributed by atoms with van der Waals surface area (Å²) in [5, 5.41) is 13.5. The molecule has 3 saturated heterocycles. The molecule has 4 aromatic rings. The number of aromatic amines is 1. The molecule has 332 valence electrons. The molecule has 0 aliphatic carbocycles. The van der Waals surface area contributed by atoms with Gasteiger partial charge in [0.05, 0.1) is 38.4 Å². The number of H-pyrrole nitrogens is 1. The highest BCUT2D eigenvalue weighted by atomic mass is 31.2. The van der Waals surface area contributed by atoms with Crippen LogP contribution in [0.2, 0.25) is 0 Å². The molecule has 0 spiro atoms. The number of carbonyl (C=O) groups excluding carboxylic acids is 1. The van der Waals surface area contributed by atoms with E-state index in [9.17, 15) is 28.6 Å². The van der Waals surface area contributed by atoms with Gasteiger partial charge < -0.3 is 38.8 Å². The predicted octanol–water partition coefficient (Wildman–Crippen LogP) is 2.91. The number of alkyl halides is 1. The summed E-state index contributed by atoms with van der Waals surface area (Å²) in [4.78, 5) is 51.5. The standard InChI is InChI=1S/C35H45FN8O15P2/c1-7-51-29-25-28(40-33(37)41-29)44(16-38-25)32-35(6,36)27-23(56-32)15-53-61(50,59-27)58-21-10-8-9-20(13-21)57-60(49,42-19(5)31(47)54-17(2)3)52-14-22-26(46)18(4)30(55-22)43-12-11-24(45)39-34(43)48/h8-13,16-19,22-23,26-27,30,32,46H,7,14-15H2,1-6H3,(H,42,49)(H2,37,40,41)(H,39,45,48). The van der Waals surface area contributed by atoms with Crippen molar-refractivity contribution in [1.29, 1.82) is 0 Å². The molecule has 11 unspecified atom stereocenters. The summed E-state index contributed by atoms with van der Waals surface area (Å²) in [5.74, 6) is -1.94. The number of nitrogens with one attached hydrogen (secondary N) is 2. The monoisotopic (exact) mass is 898 g/mol. The Balaban J connectivity index is 1.07. The second-order valence-electron chi connectivity index (χ2n) is 14.8. The number of esters is 1. The van der Waals surface area contributed by atoms with Crippen LogP contribution in [0.3, 0.4) is 0 Å². The van der Waals surface area contributed by atoms with Crippen LogP contribution in [0, 0.1) is 5.92 Å². The number of aliphatic hydroxyl groups excluding tert-OH is 1. The third kappa shape index (κ3) is 9.23. The summed E-state index contributed by atoms with van der Waals surface area (Å²) >= 11 is 0. The van der Waals surface area contributed by atoms with Gasteiger partial charge in [0.2, 0.25) is 11.8 Å². The number of hydrogen-bond donors (Lipinski definition) is 4. The Morgan fingerprint density at radius 1 is 1.20 bits per heavy atom. The van der Waals surface area contributed by atoms with E-state index in [0.29, 0.717) is 0 Å². The average Bonchev–Trinajstić information content (AvgIpc) is 3.80. The molecule has 1 aromatic carbocycles. The van der Waals surface area contributed by atoms with Gasteiger partial charge in [-0.1, -0.05) is 13.0 Å². The van der Waals surface area contributed by atoms with Crippen LogP contribution in [0.4, 0.5) is 10.3 Å². The van der Waals surface area contributed by atoms with Crippen molar-refractivity contribution in [3.8, 4) is 17.4 Å². The third-order valence-electron chi connectivity index (χ3n) is 9.78. The zero-order valence-electron chi connectivity index (χ0n) is 33.6. The number of phosphoric acid groups is 1. The number of aromatic nitrogens is 6. The fraction of sp³-hybridized carbons (Fsp3) is 0.543. The van der Waals surface area contributed by atoms with Crippen molar-refractivity contribution in [3.63, 3.8) is 0 Å². The first-order valence-corrected chi connectivity index (χ1v) is 22.1. The predicted molar refractivity (Wildman–Crippen MR) is 208 cm³/mol. The highest BCUT2D eigenvalue weighted by molar-refractivity contribution is 7.52. The Morgan fingerprint density at radius 2 is 1.95 bits per heavy atom. The minimum Gasteiger partial charge on any atom is -0.476 e. The Hall–Kier alpha value is -4.77. The number of nitrogens with two attached hydrogens (primary N) is 1. The molecular weight excluding hydrogens is 853 g/mol. The van der Waals surface area contributed by atoms with Crippen LogP contribution in [0.15, 0.2) is 52.4 Å². The Bertz CT molecular complexity index is 2480. The van der Waals surface area contributed by atoms with Crippen molar-refractivity contribution in [2.24, 2.45) is 5.92 Å². The number of anilines is 1. The molecule has 3 aromatic heterocycles. The number of halogens is 1. The van der Waals surface area contributed by atoms with Gasteiger partial charge in [-0.05, 0) is 46.8 Å². The average molecular weight is 899 g/mol. The summed E-state index contributed by atoms with van der Waals surface area (Å²) in [5.41, 5.74) is 2.44. The van der Waals surface area contributed by atoms with Gasteiger partial charge in [0.25, 0.3) is 5.56 Å². The van der Waals surface area contributed by atoms with E-state index < -0.39 is 107 Å². The molecule has 0 radical (unpaired) electrons. The molecule has 6 heterocycles. The molecule has 61 heavy (non-hydrogen) atoms. The number of benzene rings is 1. The SMILES string of the molecule is CCOc1nc(N)nc2c1ncn2C1OC2COP(=O)(Oc3cccc(OP(=O)(NC(C)C(=O)OC(C)C)OCC4OC(n5ccc(=O)[nH]c5=O)C(C)C4O)c3)OC2C1(C)F. The van der Waals surface area contributed by atoms with Gasteiger partial charge in [-0.2, -0.15) is 15.1 Å². The highest BCUT2D eigenvalue weighted by Crippen LogP contribution is 2.60. The van der Waals surface area contributed by atoms with Gasteiger partial charge in [0.15, 0.2) is 23.1 Å². The highest BCUT2D eigenvalue weighted by Gasteiger charge is 2.62. The van der Waals surface area contributed by atoms with E-state index in [0.717, 1.165) is 16.7 Å². The molecule has 7 rings (SSSR count). The van der Waals surface area contributed by atoms with E-state index in [1.807, 2.05) is 0 Å². The largest absolute Gasteiger partial charge is 0.530 e. The zero-order chi connectivity index (χ0) is 44.0. The van der Waals surface area contributed by atoms with Crippen LogP contribution < -0.4 is 35.9 Å². The number of nitrogens with zero attached hydrogens (tertiary/aromatic N) is 5. The molecule has 3 fully saturated rings. The molecule has 0 amide bonds. The molecule has 11 atom stereocenters. The number of ether oxygens (including phenoxy) is 4. The lowest BCUT2D eigenvalue weighted by Crippen LogP contribution is -2.45. The summed E-state index contributed by atoms with van der Waals surface area (Å²) < 4.78 is 98.5. The van der Waals surface area contributed by atoms with Gasteiger partial charge >= 0.3 is 27.2 Å². The van der Waals surface area contributed by atoms with E-state index >= 15 is 4.39 Å². The Labute approximate surface area is 346 Å². The van der Waals surface area contributed by atoms with Gasteiger partial charge in [-0.3, -0.25) is 37.3 Å². The van der Waals surface area contributed by atoms with Gasteiger partial charge in [-0.15, -0.1) is 0 Å². The maximum absolute atomic E-state index is 16.8. The molecular formula is C35H45FN8O15P2. The van der Waals surface area contributed by atoms with Crippen molar-refractivity contribution in [1.82, 2.24) is 34.2 Å². The summed E-state index contributed by atoms with van der Waals surface area (Å²) in [6.07, 6.45) is -5.43. The Morgan fingerprint density at radius 3 is 2.67 bits per heavy atom. The zero-order valence-corrected chi connectivity index (χ0v) is 35.4. The number of nitrogen functional groups attached to an aromatic ring is 1. The topological polar surface area (TPSA) is 291 Å². The maximum atomic E-state index is 16.8. The minimum atomic E-state index is -4.61. The smallest absolute Gasteiger partial charge is 0.476 e. The van der Waals surface area contributed by atoms with Gasteiger partial charge in [0, 0.05) is 24.2 Å². The van der Waals surface area contributed by atoms with Crippen molar-refractivity contribution >= 4 is 38.7 Å². The number of fused-ring (bicyclic) bond motifs is 2. The first-order chi connectivity index (χ1) is 28.8. The molecule has 0 saturated carbocycles. The summed E-state index contributed by atoms with van der Waals surface area (Å²) in [7, 11) is -9.21. The lowest BCUT2D eigenvalue weighted by molar-refractivity contribution is -0.149. The fourth-order valence-corrected chi connectivity index (χ4v) is 9.90. The number of carbonyl (C=O) groups is 1. The van der Waals surface area contributed by atoms with Crippen molar-refractivity contribution < 1.29 is 65.0 Å². The fourth-order valence-electron chi connectivity index (χ4n) is 6.92. The van der Waals surface area contributed by atoms with Crippen LogP contribution in [-0.2, 0) is 41.7 Å². The summed E-state index contributed by atoms with van der Waals surface area (Å²) in [6, 6.07) is 5.08. The van der Waals surface area contributed by atoms with Crippen LogP contribution in [-0.4, -0.2) is 102 Å². The Kier molecular flexibility index (Phi) is 12.5. The molecule has 0 bridgehead atoms. The number of imidazole rings is 1. The maximum Gasteiger partial charge on any atom is 0.530 e. The second-order valence-corrected chi connectivity index (χ2v) is 18.1. The quantitative estimate of drug-likeness (QED) is 0.0985. The minimum absolute atomic E-state index is 0.0953. The third-order valence-corrected chi connectivity index (χ3v) is 12.8. The normalized spacial score (nSPS) is 30.1. The van der Waals surface area contributed by atoms with Crippen molar-refractivity contribution in [3.05, 3.63) is 63.7 Å².